The van der Waals surface area contributed by atoms with Gasteiger partial charge in [-0.2, -0.15) is 0 Å². The highest BCUT2D eigenvalue weighted by Crippen LogP contribution is 2.35. The van der Waals surface area contributed by atoms with Gasteiger partial charge in [0.2, 0.25) is 0 Å². The number of benzene rings is 2. The second-order valence-electron chi connectivity index (χ2n) is 9.74. The number of rotatable bonds is 7. The summed E-state index contributed by atoms with van der Waals surface area (Å²) in [6, 6.07) is 14.8. The van der Waals surface area contributed by atoms with Gasteiger partial charge >= 0.3 is 5.97 Å². The van der Waals surface area contributed by atoms with Crippen molar-refractivity contribution in [3.63, 3.8) is 0 Å². The van der Waals surface area contributed by atoms with Crippen LogP contribution in [0.15, 0.2) is 80.1 Å². The van der Waals surface area contributed by atoms with Crippen LogP contribution < -0.4 is 19.6 Å². The van der Waals surface area contributed by atoms with E-state index in [-0.39, 0.29) is 17.0 Å². The molecule has 41 heavy (non-hydrogen) atoms. The van der Waals surface area contributed by atoms with Crippen molar-refractivity contribution in [1.82, 2.24) is 4.57 Å². The number of ether oxygens (including phenoxy) is 2. The maximum absolute atomic E-state index is 13.8. The van der Waals surface area contributed by atoms with Crippen LogP contribution in [0.2, 0.25) is 0 Å². The number of hydrogen-bond acceptors (Lipinski definition) is 9. The fraction of sp³-hybridized carbons (Fsp3) is 0.233. The summed E-state index contributed by atoms with van der Waals surface area (Å²) in [6.07, 6.45) is 1.61. The topological polar surface area (TPSA) is 126 Å². The summed E-state index contributed by atoms with van der Waals surface area (Å²) >= 11 is 1.19. The molecule has 5 rings (SSSR count). The first kappa shape index (κ1) is 27.8. The van der Waals surface area contributed by atoms with Crippen LogP contribution in [-0.2, 0) is 9.53 Å². The SMILES string of the molecule is COC(=O)C1=C(C)N=c2s/c(=C\c3ccc(-c4ccc([N+](=O)[O-])cc4OC)o3)c(=O)n2[C@H]1c1ccc(C(C)C)cc1. The largest absolute Gasteiger partial charge is 0.496 e. The molecule has 210 valence electrons. The van der Waals surface area contributed by atoms with Crippen LogP contribution in [0.5, 0.6) is 5.75 Å². The third-order valence-corrected chi connectivity index (χ3v) is 7.89. The van der Waals surface area contributed by atoms with Crippen molar-refractivity contribution in [2.45, 2.75) is 32.7 Å². The smallest absolute Gasteiger partial charge is 0.338 e. The van der Waals surface area contributed by atoms with Crippen LogP contribution in [0.3, 0.4) is 0 Å². The van der Waals surface area contributed by atoms with E-state index in [1.54, 1.807) is 31.2 Å². The first-order valence-corrected chi connectivity index (χ1v) is 13.6. The number of carbonyl (C=O) groups is 1. The number of carbonyl (C=O) groups excluding carboxylic acids is 1. The Morgan fingerprint density at radius 3 is 2.51 bits per heavy atom. The summed E-state index contributed by atoms with van der Waals surface area (Å²) in [5.74, 6) is 0.877. The molecule has 0 unspecified atom stereocenters. The summed E-state index contributed by atoms with van der Waals surface area (Å²) in [7, 11) is 2.73. The van der Waals surface area contributed by atoms with Crippen LogP contribution in [0.25, 0.3) is 17.4 Å². The normalized spacial score (nSPS) is 15.1. The van der Waals surface area contributed by atoms with Crippen LogP contribution in [0.4, 0.5) is 5.69 Å². The second-order valence-corrected chi connectivity index (χ2v) is 10.7. The van der Waals surface area contributed by atoms with E-state index >= 15 is 0 Å². The molecule has 2 aromatic heterocycles. The molecule has 0 spiro atoms. The lowest BCUT2D eigenvalue weighted by molar-refractivity contribution is -0.384. The van der Waals surface area contributed by atoms with Crippen molar-refractivity contribution in [3.8, 4) is 17.1 Å². The summed E-state index contributed by atoms with van der Waals surface area (Å²) in [5, 5.41) is 11.1. The number of aromatic nitrogens is 1. The highest BCUT2D eigenvalue weighted by Gasteiger charge is 2.33. The molecular weight excluding hydrogens is 546 g/mol. The van der Waals surface area contributed by atoms with Gasteiger partial charge in [0.05, 0.1) is 52.6 Å². The van der Waals surface area contributed by atoms with E-state index < -0.39 is 16.9 Å². The Kier molecular flexibility index (Phi) is 7.46. The zero-order valence-electron chi connectivity index (χ0n) is 23.0. The highest BCUT2D eigenvalue weighted by molar-refractivity contribution is 7.07. The number of hydrogen-bond donors (Lipinski definition) is 0. The maximum atomic E-state index is 13.8. The molecule has 1 aliphatic rings. The minimum Gasteiger partial charge on any atom is -0.496 e. The first-order valence-electron chi connectivity index (χ1n) is 12.8. The minimum atomic E-state index is -0.710. The third-order valence-electron chi connectivity index (χ3n) is 6.91. The summed E-state index contributed by atoms with van der Waals surface area (Å²) in [6.45, 7) is 5.93. The molecule has 0 amide bonds. The Labute approximate surface area is 238 Å². The van der Waals surface area contributed by atoms with Gasteiger partial charge in [-0.05, 0) is 42.2 Å². The molecule has 0 saturated heterocycles. The molecule has 11 heteroatoms. The van der Waals surface area contributed by atoms with E-state index in [0.717, 1.165) is 11.1 Å². The van der Waals surface area contributed by atoms with Gasteiger partial charge in [-0.15, -0.1) is 0 Å². The number of non-ortho nitro benzene ring substituents is 1. The number of furan rings is 1. The lowest BCUT2D eigenvalue weighted by Gasteiger charge is -2.24. The lowest BCUT2D eigenvalue weighted by atomic mass is 9.93. The Balaban J connectivity index is 1.61. The molecule has 2 aromatic carbocycles. The zero-order chi connectivity index (χ0) is 29.4. The molecule has 0 aliphatic carbocycles. The van der Waals surface area contributed by atoms with Crippen LogP contribution in [-0.4, -0.2) is 29.7 Å². The number of allylic oxidation sites excluding steroid dienone is 1. The van der Waals surface area contributed by atoms with E-state index in [1.165, 1.54) is 42.3 Å². The molecule has 0 saturated carbocycles. The number of fused-ring (bicyclic) bond motifs is 1. The molecular formula is C30H27N3O7S. The predicted molar refractivity (Wildman–Crippen MR) is 154 cm³/mol. The monoisotopic (exact) mass is 573 g/mol. The molecule has 1 atom stereocenters. The van der Waals surface area contributed by atoms with Crippen molar-refractivity contribution < 1.29 is 23.6 Å². The Morgan fingerprint density at radius 1 is 1.15 bits per heavy atom. The number of methoxy groups -OCH3 is 2. The lowest BCUT2D eigenvalue weighted by Crippen LogP contribution is -2.39. The third kappa shape index (κ3) is 5.11. The van der Waals surface area contributed by atoms with Crippen molar-refractivity contribution >= 4 is 29.1 Å². The number of nitro groups is 1. The first-order chi connectivity index (χ1) is 19.6. The highest BCUT2D eigenvalue weighted by atomic mass is 32.1. The molecule has 1 aliphatic heterocycles. The summed E-state index contributed by atoms with van der Waals surface area (Å²) in [5.41, 5.74) is 2.78. The van der Waals surface area contributed by atoms with Crippen molar-refractivity contribution in [2.75, 3.05) is 14.2 Å². The van der Waals surface area contributed by atoms with Crippen LogP contribution >= 0.6 is 11.3 Å². The van der Waals surface area contributed by atoms with Gasteiger partial charge in [-0.25, -0.2) is 9.79 Å². The van der Waals surface area contributed by atoms with Gasteiger partial charge in [0.1, 0.15) is 17.3 Å². The number of nitrogens with zero attached hydrogens (tertiary/aromatic N) is 3. The van der Waals surface area contributed by atoms with E-state index in [4.69, 9.17) is 13.9 Å². The Morgan fingerprint density at radius 2 is 1.88 bits per heavy atom. The summed E-state index contributed by atoms with van der Waals surface area (Å²) in [4.78, 5) is 42.4. The standard InChI is InChI=1S/C30H27N3O7S/c1-16(2)18-6-8-19(9-7-18)27-26(29(35)39-5)17(3)31-30-32(27)28(34)25(41-30)15-21-11-13-23(40-21)22-12-10-20(33(36)37)14-24(22)38-4/h6-16,27H,1-5H3/b25-15-/t27-/m0/s1. The molecule has 10 nitrogen and oxygen atoms in total. The van der Waals surface area contributed by atoms with Gasteiger partial charge in [0.15, 0.2) is 4.80 Å². The second kappa shape index (κ2) is 11.0. The van der Waals surface area contributed by atoms with E-state index in [2.05, 4.69) is 18.8 Å². The quantitative estimate of drug-likeness (QED) is 0.178. The van der Waals surface area contributed by atoms with Gasteiger partial charge in [-0.1, -0.05) is 49.4 Å². The number of nitro benzene ring substituents is 1. The molecule has 0 N–H and O–H groups in total. The van der Waals surface area contributed by atoms with E-state index in [1.807, 2.05) is 24.3 Å². The molecule has 0 radical (unpaired) electrons. The van der Waals surface area contributed by atoms with Crippen LogP contribution in [0.1, 0.15) is 49.6 Å². The number of esters is 1. The van der Waals surface area contributed by atoms with Crippen molar-refractivity contribution in [3.05, 3.63) is 113 Å². The van der Waals surface area contributed by atoms with Gasteiger partial charge in [0.25, 0.3) is 11.2 Å². The molecule has 0 fully saturated rings. The Hall–Kier alpha value is -4.77. The molecule has 0 bridgehead atoms. The zero-order valence-corrected chi connectivity index (χ0v) is 23.9. The average Bonchev–Trinajstić information content (AvgIpc) is 3.55. The van der Waals surface area contributed by atoms with E-state index in [9.17, 15) is 19.7 Å². The average molecular weight is 574 g/mol. The Bertz CT molecular complexity index is 1880. The fourth-order valence-electron chi connectivity index (χ4n) is 4.77. The maximum Gasteiger partial charge on any atom is 0.338 e. The van der Waals surface area contributed by atoms with E-state index in [0.29, 0.717) is 43.6 Å². The fourth-order valence-corrected chi connectivity index (χ4v) is 5.80. The van der Waals surface area contributed by atoms with Gasteiger partial charge in [-0.3, -0.25) is 19.5 Å². The summed E-state index contributed by atoms with van der Waals surface area (Å²) < 4.78 is 18.3. The van der Waals surface area contributed by atoms with Gasteiger partial charge in [0, 0.05) is 12.1 Å². The molecule has 4 aromatic rings. The van der Waals surface area contributed by atoms with Crippen molar-refractivity contribution in [2.24, 2.45) is 4.99 Å². The van der Waals surface area contributed by atoms with Crippen molar-refractivity contribution in [1.29, 1.82) is 0 Å². The molecule has 3 heterocycles. The van der Waals surface area contributed by atoms with Gasteiger partial charge < -0.3 is 13.9 Å². The van der Waals surface area contributed by atoms with Crippen LogP contribution in [0, 0.1) is 10.1 Å². The minimum absolute atomic E-state index is 0.103. The number of thiazole rings is 1. The predicted octanol–water partition coefficient (Wildman–Crippen LogP) is 4.71.